The van der Waals surface area contributed by atoms with Crippen molar-refractivity contribution in [3.63, 3.8) is 0 Å². The number of carbonyl (C=O) groups is 1. The summed E-state index contributed by atoms with van der Waals surface area (Å²) in [6, 6.07) is 1.49. The third-order valence-electron chi connectivity index (χ3n) is 4.08. The molecule has 1 aliphatic heterocycles. The first-order valence-electron chi connectivity index (χ1n) is 7.25. The Morgan fingerprint density at radius 3 is 2.64 bits per heavy atom. The van der Waals surface area contributed by atoms with E-state index < -0.39 is 10.0 Å². The minimum Gasteiger partial charge on any atom is -0.351 e. The molecule has 0 radical (unpaired) electrons. The number of nitrogens with zero attached hydrogens (tertiary/aromatic N) is 1. The van der Waals surface area contributed by atoms with Crippen molar-refractivity contribution in [3.05, 3.63) is 16.3 Å². The number of amides is 1. The number of piperidine rings is 1. The highest BCUT2D eigenvalue weighted by molar-refractivity contribution is 7.89. The summed E-state index contributed by atoms with van der Waals surface area (Å²) >= 11 is 1.16. The van der Waals surface area contributed by atoms with Crippen molar-refractivity contribution in [2.24, 2.45) is 5.41 Å². The molecule has 1 saturated heterocycles. The zero-order valence-electron chi connectivity index (χ0n) is 13.2. The molecule has 6 nitrogen and oxygen atoms in total. The van der Waals surface area contributed by atoms with Gasteiger partial charge in [-0.15, -0.1) is 11.3 Å². The highest BCUT2D eigenvalue weighted by Crippen LogP contribution is 2.28. The van der Waals surface area contributed by atoms with Gasteiger partial charge in [-0.3, -0.25) is 4.79 Å². The third-order valence-corrected chi connectivity index (χ3v) is 6.98. The molecular weight excluding hydrogens is 322 g/mol. The van der Waals surface area contributed by atoms with Crippen LogP contribution in [0, 0.1) is 5.41 Å². The molecule has 8 heteroatoms. The van der Waals surface area contributed by atoms with Gasteiger partial charge in [0.1, 0.15) is 9.77 Å². The van der Waals surface area contributed by atoms with E-state index in [9.17, 15) is 13.2 Å². The Labute approximate surface area is 135 Å². The maximum atomic E-state index is 12.4. The van der Waals surface area contributed by atoms with Gasteiger partial charge < -0.3 is 10.6 Å². The van der Waals surface area contributed by atoms with Crippen molar-refractivity contribution in [2.45, 2.75) is 24.7 Å². The van der Waals surface area contributed by atoms with Gasteiger partial charge in [-0.2, -0.15) is 0 Å². The molecule has 1 aromatic heterocycles. The van der Waals surface area contributed by atoms with E-state index in [1.54, 1.807) is 5.38 Å². The zero-order chi connectivity index (χ0) is 16.4. The molecule has 0 aromatic carbocycles. The summed E-state index contributed by atoms with van der Waals surface area (Å²) in [5.41, 5.74) is 0.0682. The summed E-state index contributed by atoms with van der Waals surface area (Å²) in [6.07, 6.45) is 2.00. The second-order valence-electron chi connectivity index (χ2n) is 6.14. The lowest BCUT2D eigenvalue weighted by molar-refractivity contribution is 0.0923. The van der Waals surface area contributed by atoms with Crippen LogP contribution in [0.3, 0.4) is 0 Å². The molecule has 0 bridgehead atoms. The van der Waals surface area contributed by atoms with Crippen molar-refractivity contribution in [1.82, 2.24) is 14.9 Å². The lowest BCUT2D eigenvalue weighted by Crippen LogP contribution is -2.43. The summed E-state index contributed by atoms with van der Waals surface area (Å²) in [4.78, 5) is 12.7. The fourth-order valence-electron chi connectivity index (χ4n) is 2.44. The van der Waals surface area contributed by atoms with Crippen molar-refractivity contribution in [1.29, 1.82) is 0 Å². The van der Waals surface area contributed by atoms with E-state index >= 15 is 0 Å². The van der Waals surface area contributed by atoms with Crippen LogP contribution in [-0.2, 0) is 10.0 Å². The van der Waals surface area contributed by atoms with Crippen LogP contribution in [0.25, 0.3) is 0 Å². The minimum atomic E-state index is -3.59. The molecular formula is C14H23N3O3S2. The van der Waals surface area contributed by atoms with Gasteiger partial charge in [0.05, 0.1) is 0 Å². The van der Waals surface area contributed by atoms with Crippen molar-refractivity contribution in [2.75, 3.05) is 33.7 Å². The molecule has 0 atom stereocenters. The molecule has 0 spiro atoms. The molecule has 2 N–H and O–H groups in total. The van der Waals surface area contributed by atoms with Gasteiger partial charge in [-0.1, -0.05) is 6.92 Å². The first kappa shape index (κ1) is 17.4. The van der Waals surface area contributed by atoms with E-state index in [-0.39, 0.29) is 21.1 Å². The lowest BCUT2D eigenvalue weighted by Gasteiger charge is -2.34. The molecule has 1 fully saturated rings. The van der Waals surface area contributed by atoms with Crippen LogP contribution in [0.2, 0.25) is 0 Å². The van der Waals surface area contributed by atoms with Gasteiger partial charge in [0.25, 0.3) is 5.91 Å². The van der Waals surface area contributed by atoms with E-state index in [0.717, 1.165) is 41.6 Å². The average Bonchev–Trinajstić information content (AvgIpc) is 2.95. The Morgan fingerprint density at radius 1 is 1.41 bits per heavy atom. The van der Waals surface area contributed by atoms with Crippen LogP contribution in [-0.4, -0.2) is 52.4 Å². The van der Waals surface area contributed by atoms with E-state index in [1.807, 2.05) is 0 Å². The highest BCUT2D eigenvalue weighted by atomic mass is 32.2. The van der Waals surface area contributed by atoms with Crippen LogP contribution >= 0.6 is 11.3 Å². The zero-order valence-corrected chi connectivity index (χ0v) is 14.8. The molecule has 0 saturated carbocycles. The lowest BCUT2D eigenvalue weighted by atomic mass is 9.81. The number of sulfonamides is 1. The highest BCUT2D eigenvalue weighted by Gasteiger charge is 2.29. The van der Waals surface area contributed by atoms with Crippen molar-refractivity contribution in [3.8, 4) is 0 Å². The minimum absolute atomic E-state index is 0.0682. The van der Waals surface area contributed by atoms with Crippen LogP contribution in [0.1, 0.15) is 29.4 Å². The normalized spacial score (nSPS) is 18.4. The van der Waals surface area contributed by atoms with Gasteiger partial charge in [0, 0.05) is 20.6 Å². The SMILES string of the molecule is CN(C)S(=O)(=O)c1ccsc1C(=O)NCC1(C)CCNCC1. The second kappa shape index (κ2) is 6.66. The summed E-state index contributed by atoms with van der Waals surface area (Å²) < 4.78 is 25.6. The van der Waals surface area contributed by atoms with E-state index in [1.165, 1.54) is 20.2 Å². The number of nitrogens with one attached hydrogen (secondary N) is 2. The van der Waals surface area contributed by atoms with Crippen LogP contribution in [0.5, 0.6) is 0 Å². The summed E-state index contributed by atoms with van der Waals surface area (Å²) in [5, 5.41) is 7.85. The van der Waals surface area contributed by atoms with Gasteiger partial charge in [-0.25, -0.2) is 12.7 Å². The Kier molecular flexibility index (Phi) is 5.26. The molecule has 2 heterocycles. The van der Waals surface area contributed by atoms with E-state index in [0.29, 0.717) is 6.54 Å². The van der Waals surface area contributed by atoms with Crippen LogP contribution in [0.15, 0.2) is 16.3 Å². The summed E-state index contributed by atoms with van der Waals surface area (Å²) in [7, 11) is -0.669. The topological polar surface area (TPSA) is 78.5 Å². The summed E-state index contributed by atoms with van der Waals surface area (Å²) in [5.74, 6) is -0.310. The maximum Gasteiger partial charge on any atom is 0.262 e. The van der Waals surface area contributed by atoms with Gasteiger partial charge in [-0.05, 0) is 42.8 Å². The molecule has 0 unspecified atom stereocenters. The number of hydrogen-bond acceptors (Lipinski definition) is 5. The maximum absolute atomic E-state index is 12.4. The first-order valence-corrected chi connectivity index (χ1v) is 9.57. The molecule has 1 amide bonds. The number of rotatable bonds is 5. The largest absolute Gasteiger partial charge is 0.351 e. The molecule has 22 heavy (non-hydrogen) atoms. The third kappa shape index (κ3) is 3.68. The first-order chi connectivity index (χ1) is 10.3. The number of hydrogen-bond donors (Lipinski definition) is 2. The Bertz CT molecular complexity index is 632. The second-order valence-corrected chi connectivity index (χ2v) is 9.18. The van der Waals surface area contributed by atoms with Gasteiger partial charge in [0.15, 0.2) is 0 Å². The standard InChI is InChI=1S/C14H23N3O3S2/c1-14(5-7-15-8-6-14)10-16-13(18)12-11(4-9-21-12)22(19,20)17(2)3/h4,9,15H,5-8,10H2,1-3H3,(H,16,18). The Balaban J connectivity index is 2.10. The molecule has 124 valence electrons. The predicted molar refractivity (Wildman–Crippen MR) is 87.7 cm³/mol. The van der Waals surface area contributed by atoms with Gasteiger partial charge >= 0.3 is 0 Å². The Morgan fingerprint density at radius 2 is 2.05 bits per heavy atom. The number of thiophene rings is 1. The average molecular weight is 345 g/mol. The smallest absolute Gasteiger partial charge is 0.262 e. The monoisotopic (exact) mass is 345 g/mol. The van der Waals surface area contributed by atoms with Crippen LogP contribution < -0.4 is 10.6 Å². The molecule has 1 aromatic rings. The quantitative estimate of drug-likeness (QED) is 0.838. The predicted octanol–water partition coefficient (Wildman–Crippen LogP) is 1.12. The fourth-order valence-corrected chi connectivity index (χ4v) is 4.65. The van der Waals surface area contributed by atoms with Gasteiger partial charge in [0.2, 0.25) is 10.0 Å². The van der Waals surface area contributed by atoms with E-state index in [4.69, 9.17) is 0 Å². The Hall–Kier alpha value is -0.960. The fraction of sp³-hybridized carbons (Fsp3) is 0.643. The number of carbonyl (C=O) groups excluding carboxylic acids is 1. The molecule has 2 rings (SSSR count). The van der Waals surface area contributed by atoms with Crippen molar-refractivity contribution < 1.29 is 13.2 Å². The molecule has 1 aliphatic rings. The van der Waals surface area contributed by atoms with Crippen LogP contribution in [0.4, 0.5) is 0 Å². The summed E-state index contributed by atoms with van der Waals surface area (Å²) in [6.45, 7) is 4.62. The van der Waals surface area contributed by atoms with Crippen molar-refractivity contribution >= 4 is 27.3 Å². The van der Waals surface area contributed by atoms with E-state index in [2.05, 4.69) is 17.6 Å². The molecule has 0 aliphatic carbocycles.